The summed E-state index contributed by atoms with van der Waals surface area (Å²) in [4.78, 5) is 12.3. The second-order valence-corrected chi connectivity index (χ2v) is 7.31. The van der Waals surface area contributed by atoms with Crippen LogP contribution in [0.1, 0.15) is 41.3 Å². The molecule has 0 aliphatic heterocycles. The number of hydrogen-bond donors (Lipinski definition) is 2. The maximum Gasteiger partial charge on any atom is 0.255 e. The van der Waals surface area contributed by atoms with Crippen molar-refractivity contribution in [1.29, 1.82) is 0 Å². The number of amides is 1. The van der Waals surface area contributed by atoms with Crippen LogP contribution in [0.4, 0.5) is 5.69 Å². The monoisotopic (exact) mass is 346 g/mol. The van der Waals surface area contributed by atoms with Crippen LogP contribution in [-0.4, -0.2) is 14.3 Å². The molecule has 0 unspecified atom stereocenters. The summed E-state index contributed by atoms with van der Waals surface area (Å²) in [5.74, 6) is -0.374. The minimum atomic E-state index is -3.86. The van der Waals surface area contributed by atoms with Gasteiger partial charge in [0.1, 0.15) is 0 Å². The average Bonchev–Trinajstić information content (AvgIpc) is 2.53. The number of carbonyl (C=O) groups is 1. The predicted octanol–water partition coefficient (Wildman–Crippen LogP) is 3.24. The van der Waals surface area contributed by atoms with Crippen molar-refractivity contribution in [3.05, 3.63) is 59.2 Å². The first kappa shape index (κ1) is 18.2. The van der Waals surface area contributed by atoms with Crippen molar-refractivity contribution in [3.63, 3.8) is 0 Å². The molecule has 0 atom stereocenters. The van der Waals surface area contributed by atoms with E-state index in [2.05, 4.69) is 12.2 Å². The lowest BCUT2D eigenvalue weighted by molar-refractivity contribution is 0.102. The number of nitrogens with two attached hydrogens (primary N) is 1. The molecule has 0 fully saturated rings. The maximum atomic E-state index is 12.3. The van der Waals surface area contributed by atoms with Gasteiger partial charge in [0.2, 0.25) is 10.0 Å². The first-order valence-electron chi connectivity index (χ1n) is 7.85. The molecule has 0 saturated heterocycles. The molecule has 0 bridgehead atoms. The lowest BCUT2D eigenvalue weighted by Gasteiger charge is -2.09. The largest absolute Gasteiger partial charge is 0.322 e. The van der Waals surface area contributed by atoms with Gasteiger partial charge >= 0.3 is 0 Å². The molecule has 5 nitrogen and oxygen atoms in total. The smallest absolute Gasteiger partial charge is 0.255 e. The Hall–Kier alpha value is -2.18. The molecule has 0 saturated carbocycles. The van der Waals surface area contributed by atoms with Crippen LogP contribution < -0.4 is 10.5 Å². The predicted molar refractivity (Wildman–Crippen MR) is 95.6 cm³/mol. The zero-order chi connectivity index (χ0) is 17.7. The van der Waals surface area contributed by atoms with E-state index in [1.165, 1.54) is 11.6 Å². The fourth-order valence-electron chi connectivity index (χ4n) is 2.39. The van der Waals surface area contributed by atoms with E-state index >= 15 is 0 Å². The van der Waals surface area contributed by atoms with E-state index in [9.17, 15) is 13.2 Å². The topological polar surface area (TPSA) is 89.3 Å². The Morgan fingerprint density at radius 2 is 1.79 bits per heavy atom. The van der Waals surface area contributed by atoms with Gasteiger partial charge in [-0.05, 0) is 55.2 Å². The molecule has 0 aliphatic rings. The molecule has 3 N–H and O–H groups in total. The number of rotatable bonds is 6. The lowest BCUT2D eigenvalue weighted by Crippen LogP contribution is -2.17. The van der Waals surface area contributed by atoms with Crippen molar-refractivity contribution < 1.29 is 13.2 Å². The molecule has 6 heteroatoms. The zero-order valence-corrected chi connectivity index (χ0v) is 14.7. The highest BCUT2D eigenvalue weighted by atomic mass is 32.2. The molecule has 1 amide bonds. The van der Waals surface area contributed by atoms with Gasteiger partial charge in [0.05, 0.1) is 4.90 Å². The number of nitrogens with one attached hydrogen (secondary N) is 1. The highest BCUT2D eigenvalue weighted by Gasteiger charge is 2.15. The summed E-state index contributed by atoms with van der Waals surface area (Å²) in [7, 11) is -3.86. The van der Waals surface area contributed by atoms with Crippen LogP contribution in [0.3, 0.4) is 0 Å². The Morgan fingerprint density at radius 3 is 2.38 bits per heavy atom. The van der Waals surface area contributed by atoms with E-state index in [0.717, 1.165) is 19.3 Å². The molecule has 0 aliphatic carbocycles. The normalized spacial score (nSPS) is 11.3. The van der Waals surface area contributed by atoms with Gasteiger partial charge in [-0.1, -0.05) is 31.5 Å². The van der Waals surface area contributed by atoms with Crippen LogP contribution in [0.15, 0.2) is 47.4 Å². The fourth-order valence-corrected chi connectivity index (χ4v) is 3.19. The molecular formula is C18H22N2O3S. The summed E-state index contributed by atoms with van der Waals surface area (Å²) in [6.45, 7) is 3.78. The summed E-state index contributed by atoms with van der Waals surface area (Å²) in [5.41, 5.74) is 2.65. The van der Waals surface area contributed by atoms with Crippen molar-refractivity contribution >= 4 is 21.6 Å². The van der Waals surface area contributed by atoms with Crippen LogP contribution in [0, 0.1) is 6.92 Å². The van der Waals surface area contributed by atoms with E-state index in [4.69, 9.17) is 5.14 Å². The molecular weight excluding hydrogens is 324 g/mol. The Bertz CT molecular complexity index is 828. The van der Waals surface area contributed by atoms with Crippen LogP contribution in [0.25, 0.3) is 0 Å². The Labute approximate surface area is 142 Å². The third kappa shape index (κ3) is 4.66. The van der Waals surface area contributed by atoms with Crippen molar-refractivity contribution in [2.75, 3.05) is 5.32 Å². The molecule has 2 rings (SSSR count). The number of sulfonamides is 1. The van der Waals surface area contributed by atoms with Crippen LogP contribution in [-0.2, 0) is 16.4 Å². The second-order valence-electron chi connectivity index (χ2n) is 5.78. The van der Waals surface area contributed by atoms with Crippen LogP contribution in [0.2, 0.25) is 0 Å². The van der Waals surface area contributed by atoms with Crippen molar-refractivity contribution in [2.45, 2.75) is 38.0 Å². The maximum absolute atomic E-state index is 12.3. The molecule has 0 heterocycles. The highest BCUT2D eigenvalue weighted by Crippen LogP contribution is 2.18. The number of benzene rings is 2. The van der Waals surface area contributed by atoms with Gasteiger partial charge < -0.3 is 5.32 Å². The summed E-state index contributed by atoms with van der Waals surface area (Å²) >= 11 is 0. The second kappa shape index (κ2) is 7.59. The third-order valence-corrected chi connectivity index (χ3v) is 4.84. The summed E-state index contributed by atoms with van der Waals surface area (Å²) in [6, 6.07) is 12.1. The molecule has 0 spiro atoms. The molecule has 2 aromatic carbocycles. The van der Waals surface area contributed by atoms with Gasteiger partial charge in [-0.15, -0.1) is 0 Å². The SMILES string of the molecule is CCCCc1ccc(NC(=O)c2ccc(C)c(S(N)(=O)=O)c2)cc1. The van der Waals surface area contributed by atoms with Crippen molar-refractivity contribution in [1.82, 2.24) is 0 Å². The fraction of sp³-hybridized carbons (Fsp3) is 0.278. The molecule has 0 aromatic heterocycles. The molecule has 24 heavy (non-hydrogen) atoms. The van der Waals surface area contributed by atoms with Crippen molar-refractivity contribution in [3.8, 4) is 0 Å². The molecule has 2 aromatic rings. The minimum Gasteiger partial charge on any atom is -0.322 e. The van der Waals surface area contributed by atoms with E-state index in [1.807, 2.05) is 24.3 Å². The highest BCUT2D eigenvalue weighted by molar-refractivity contribution is 7.89. The first-order chi connectivity index (χ1) is 11.3. The van der Waals surface area contributed by atoms with Gasteiger partial charge in [-0.2, -0.15) is 0 Å². The lowest BCUT2D eigenvalue weighted by atomic mass is 10.1. The number of carbonyl (C=O) groups excluding carboxylic acids is 1. The summed E-state index contributed by atoms with van der Waals surface area (Å²) < 4.78 is 23.1. The van der Waals surface area contributed by atoms with Gasteiger partial charge in [0.25, 0.3) is 5.91 Å². The Kier molecular flexibility index (Phi) is 5.75. The van der Waals surface area contributed by atoms with E-state index in [-0.39, 0.29) is 16.4 Å². The average molecular weight is 346 g/mol. The summed E-state index contributed by atoms with van der Waals surface area (Å²) in [5, 5.41) is 7.94. The number of primary sulfonamides is 1. The third-order valence-electron chi connectivity index (χ3n) is 3.79. The standard InChI is InChI=1S/C18H22N2O3S/c1-3-4-5-14-7-10-16(11-8-14)20-18(21)15-9-6-13(2)17(12-15)24(19,22)23/h6-12H,3-5H2,1-2H3,(H,20,21)(H2,19,22,23). The van der Waals surface area contributed by atoms with E-state index in [1.54, 1.807) is 19.1 Å². The van der Waals surface area contributed by atoms with Crippen LogP contribution in [0.5, 0.6) is 0 Å². The zero-order valence-electron chi connectivity index (χ0n) is 13.9. The number of unbranched alkanes of at least 4 members (excludes halogenated alkanes) is 1. The molecule has 0 radical (unpaired) electrons. The Balaban J connectivity index is 2.15. The van der Waals surface area contributed by atoms with Gasteiger partial charge in [0, 0.05) is 11.3 Å². The van der Waals surface area contributed by atoms with Gasteiger partial charge in [-0.3, -0.25) is 4.79 Å². The quantitative estimate of drug-likeness (QED) is 0.841. The van der Waals surface area contributed by atoms with E-state index in [0.29, 0.717) is 11.3 Å². The van der Waals surface area contributed by atoms with E-state index < -0.39 is 10.0 Å². The van der Waals surface area contributed by atoms with Crippen molar-refractivity contribution in [2.24, 2.45) is 5.14 Å². The minimum absolute atomic E-state index is 0.0370. The molecule has 128 valence electrons. The van der Waals surface area contributed by atoms with Gasteiger partial charge in [0.15, 0.2) is 0 Å². The number of aryl methyl sites for hydroxylation is 2. The summed E-state index contributed by atoms with van der Waals surface area (Å²) in [6.07, 6.45) is 3.28. The Morgan fingerprint density at radius 1 is 1.12 bits per heavy atom. The van der Waals surface area contributed by atoms with Gasteiger partial charge in [-0.25, -0.2) is 13.6 Å². The number of hydrogen-bond acceptors (Lipinski definition) is 3. The number of anilines is 1. The first-order valence-corrected chi connectivity index (χ1v) is 9.39. The van der Waals surface area contributed by atoms with Crippen LogP contribution >= 0.6 is 0 Å².